The van der Waals surface area contributed by atoms with Gasteiger partial charge in [-0.3, -0.25) is 0 Å². The van der Waals surface area contributed by atoms with Gasteiger partial charge in [0.15, 0.2) is 0 Å². The van der Waals surface area contributed by atoms with E-state index in [2.05, 4.69) is 41.5 Å². The van der Waals surface area contributed by atoms with Crippen LogP contribution < -0.4 is 5.32 Å². The van der Waals surface area contributed by atoms with Crippen molar-refractivity contribution >= 4 is 0 Å². The van der Waals surface area contributed by atoms with Crippen molar-refractivity contribution < 1.29 is 0 Å². The summed E-state index contributed by atoms with van der Waals surface area (Å²) in [7, 11) is 2.31. The minimum atomic E-state index is 0.726. The smallest absolute Gasteiger partial charge is 0.0173 e. The number of piperidine rings is 1. The molecule has 1 N–H and O–H groups in total. The summed E-state index contributed by atoms with van der Waals surface area (Å²) in [5.74, 6) is 0.854. The van der Waals surface area contributed by atoms with E-state index in [-0.39, 0.29) is 0 Å². The van der Waals surface area contributed by atoms with Gasteiger partial charge in [-0.1, -0.05) is 24.3 Å². The molecule has 1 aliphatic heterocycles. The summed E-state index contributed by atoms with van der Waals surface area (Å²) in [4.78, 5) is 2.59. The zero-order valence-corrected chi connectivity index (χ0v) is 11.4. The van der Waals surface area contributed by atoms with Crippen LogP contribution in [0.4, 0.5) is 0 Å². The number of hydrogen-bond acceptors (Lipinski definition) is 2. The minimum Gasteiger partial charge on any atom is -0.316 e. The molecule has 1 heterocycles. The molecule has 0 saturated carbocycles. The minimum absolute atomic E-state index is 0.726. The highest BCUT2D eigenvalue weighted by Gasteiger charge is 2.26. The van der Waals surface area contributed by atoms with Gasteiger partial charge in [-0.25, -0.2) is 0 Å². The summed E-state index contributed by atoms with van der Waals surface area (Å²) in [6.07, 6.45) is 5.24. The number of fused-ring (bicyclic) bond motifs is 1. The van der Waals surface area contributed by atoms with Gasteiger partial charge in [0.25, 0.3) is 0 Å². The number of nitrogens with one attached hydrogen (secondary N) is 1. The van der Waals surface area contributed by atoms with Crippen molar-refractivity contribution in [1.82, 2.24) is 10.2 Å². The Kier molecular flexibility index (Phi) is 3.67. The summed E-state index contributed by atoms with van der Waals surface area (Å²) in [5.41, 5.74) is 3.13. The molecule has 1 saturated heterocycles. The quantitative estimate of drug-likeness (QED) is 0.876. The lowest BCUT2D eigenvalue weighted by molar-refractivity contribution is 0.192. The highest BCUT2D eigenvalue weighted by Crippen LogP contribution is 2.25. The first kappa shape index (κ1) is 12.2. The molecule has 1 unspecified atom stereocenters. The number of hydrogen-bond donors (Lipinski definition) is 1. The van der Waals surface area contributed by atoms with Crippen LogP contribution in [0.1, 0.15) is 24.0 Å². The topological polar surface area (TPSA) is 15.3 Å². The molecule has 3 rings (SSSR count). The molecule has 0 amide bonds. The first-order valence-electron chi connectivity index (χ1n) is 7.30. The van der Waals surface area contributed by atoms with Crippen molar-refractivity contribution in [2.24, 2.45) is 5.92 Å². The number of rotatable bonds is 3. The Labute approximate surface area is 110 Å². The van der Waals surface area contributed by atoms with E-state index < -0.39 is 0 Å². The van der Waals surface area contributed by atoms with E-state index in [1.807, 2.05) is 0 Å². The van der Waals surface area contributed by atoms with E-state index in [4.69, 9.17) is 0 Å². The van der Waals surface area contributed by atoms with Gasteiger partial charge in [0.1, 0.15) is 0 Å². The molecule has 18 heavy (non-hydrogen) atoms. The van der Waals surface area contributed by atoms with E-state index in [1.54, 1.807) is 11.1 Å². The molecular formula is C16H24N2. The largest absolute Gasteiger partial charge is 0.316 e. The lowest BCUT2D eigenvalue weighted by Crippen LogP contribution is -2.41. The van der Waals surface area contributed by atoms with Crippen LogP contribution >= 0.6 is 0 Å². The van der Waals surface area contributed by atoms with Gasteiger partial charge in [-0.2, -0.15) is 0 Å². The molecule has 1 aliphatic carbocycles. The third-order valence-electron chi connectivity index (χ3n) is 4.60. The van der Waals surface area contributed by atoms with Crippen LogP contribution in [-0.4, -0.2) is 37.6 Å². The predicted octanol–water partition coefficient (Wildman–Crippen LogP) is 2.09. The van der Waals surface area contributed by atoms with Crippen LogP contribution in [0.25, 0.3) is 0 Å². The normalized spacial score (nSPS) is 24.4. The molecule has 1 aromatic carbocycles. The summed E-state index contributed by atoms with van der Waals surface area (Å²) in [5, 5.41) is 3.52. The lowest BCUT2D eigenvalue weighted by Gasteiger charge is -2.31. The zero-order valence-electron chi connectivity index (χ0n) is 11.4. The number of likely N-dealkylation sites (N-methyl/N-ethyl adjacent to an activating group) is 1. The third-order valence-corrected chi connectivity index (χ3v) is 4.60. The molecule has 1 aromatic rings. The summed E-state index contributed by atoms with van der Waals surface area (Å²) in [6, 6.07) is 9.67. The first-order valence-corrected chi connectivity index (χ1v) is 7.30. The van der Waals surface area contributed by atoms with Crippen LogP contribution in [0.2, 0.25) is 0 Å². The second kappa shape index (κ2) is 5.41. The Balaban J connectivity index is 1.56. The first-order chi connectivity index (χ1) is 8.83. The lowest BCUT2D eigenvalue weighted by atomic mass is 9.98. The van der Waals surface area contributed by atoms with E-state index in [0.29, 0.717) is 0 Å². The Morgan fingerprint density at radius 1 is 1.22 bits per heavy atom. The summed E-state index contributed by atoms with van der Waals surface area (Å²) < 4.78 is 0. The predicted molar refractivity (Wildman–Crippen MR) is 75.9 cm³/mol. The number of nitrogens with zero attached hydrogens (tertiary/aromatic N) is 1. The molecule has 1 atom stereocenters. The fourth-order valence-corrected chi connectivity index (χ4v) is 3.48. The van der Waals surface area contributed by atoms with Gasteiger partial charge in [-0.05, 0) is 62.9 Å². The second-order valence-corrected chi connectivity index (χ2v) is 5.98. The molecule has 2 heteroatoms. The highest BCUT2D eigenvalue weighted by molar-refractivity contribution is 5.33. The molecule has 1 fully saturated rings. The standard InChI is InChI=1S/C16H24N2/c1-18(12-13-5-4-8-17-11-13)16-9-14-6-2-3-7-15(14)10-16/h2-3,6-7,13,16-17H,4-5,8-12H2,1H3. The highest BCUT2D eigenvalue weighted by atomic mass is 15.1. The van der Waals surface area contributed by atoms with Gasteiger partial charge < -0.3 is 10.2 Å². The van der Waals surface area contributed by atoms with Crippen molar-refractivity contribution in [1.29, 1.82) is 0 Å². The summed E-state index contributed by atoms with van der Waals surface area (Å²) >= 11 is 0. The maximum atomic E-state index is 3.52. The van der Waals surface area contributed by atoms with Crippen molar-refractivity contribution in [3.63, 3.8) is 0 Å². The third kappa shape index (κ3) is 2.60. The van der Waals surface area contributed by atoms with Crippen LogP contribution in [0.15, 0.2) is 24.3 Å². The maximum Gasteiger partial charge on any atom is 0.0173 e. The molecule has 2 nitrogen and oxygen atoms in total. The molecule has 0 aromatic heterocycles. The Morgan fingerprint density at radius 2 is 1.94 bits per heavy atom. The average molecular weight is 244 g/mol. The molecule has 0 radical (unpaired) electrons. The Hall–Kier alpha value is -0.860. The van der Waals surface area contributed by atoms with E-state index in [1.165, 1.54) is 45.3 Å². The van der Waals surface area contributed by atoms with Gasteiger partial charge >= 0.3 is 0 Å². The molecule has 98 valence electrons. The molecular weight excluding hydrogens is 220 g/mol. The SMILES string of the molecule is CN(CC1CCCNC1)C1Cc2ccccc2C1. The van der Waals surface area contributed by atoms with Gasteiger partial charge in [0, 0.05) is 12.6 Å². The van der Waals surface area contributed by atoms with Crippen LogP contribution in [0.5, 0.6) is 0 Å². The fraction of sp³-hybridized carbons (Fsp3) is 0.625. The van der Waals surface area contributed by atoms with Crippen LogP contribution in [-0.2, 0) is 12.8 Å². The Bertz CT molecular complexity index is 371. The summed E-state index contributed by atoms with van der Waals surface area (Å²) in [6.45, 7) is 3.69. The average Bonchev–Trinajstić information content (AvgIpc) is 2.84. The molecule has 0 bridgehead atoms. The fourth-order valence-electron chi connectivity index (χ4n) is 3.48. The zero-order chi connectivity index (χ0) is 12.4. The van der Waals surface area contributed by atoms with Crippen molar-refractivity contribution in [3.8, 4) is 0 Å². The van der Waals surface area contributed by atoms with E-state index in [0.717, 1.165) is 12.0 Å². The molecule has 0 spiro atoms. The van der Waals surface area contributed by atoms with Gasteiger partial charge in [-0.15, -0.1) is 0 Å². The molecule has 2 aliphatic rings. The van der Waals surface area contributed by atoms with Gasteiger partial charge in [0.2, 0.25) is 0 Å². The van der Waals surface area contributed by atoms with Crippen molar-refractivity contribution in [2.75, 3.05) is 26.7 Å². The van der Waals surface area contributed by atoms with E-state index in [9.17, 15) is 0 Å². The maximum absolute atomic E-state index is 3.52. The van der Waals surface area contributed by atoms with Crippen molar-refractivity contribution in [2.45, 2.75) is 31.7 Å². The van der Waals surface area contributed by atoms with E-state index >= 15 is 0 Å². The monoisotopic (exact) mass is 244 g/mol. The van der Waals surface area contributed by atoms with Crippen LogP contribution in [0.3, 0.4) is 0 Å². The van der Waals surface area contributed by atoms with Crippen LogP contribution in [0, 0.1) is 5.92 Å². The second-order valence-electron chi connectivity index (χ2n) is 5.98. The number of benzene rings is 1. The Morgan fingerprint density at radius 3 is 2.56 bits per heavy atom. The van der Waals surface area contributed by atoms with Crippen molar-refractivity contribution in [3.05, 3.63) is 35.4 Å². The van der Waals surface area contributed by atoms with Gasteiger partial charge in [0.05, 0.1) is 0 Å².